The fourth-order valence-electron chi connectivity index (χ4n) is 2.52. The summed E-state index contributed by atoms with van der Waals surface area (Å²) in [7, 11) is 0. The van der Waals surface area contributed by atoms with Gasteiger partial charge in [-0.25, -0.2) is 4.98 Å². The number of carbonyl (C=O) groups is 1. The van der Waals surface area contributed by atoms with Crippen LogP contribution in [0.2, 0.25) is 0 Å². The Morgan fingerprint density at radius 2 is 2.12 bits per heavy atom. The summed E-state index contributed by atoms with van der Waals surface area (Å²) in [6.45, 7) is 2.45. The first-order valence-electron chi connectivity index (χ1n) is 6.46. The molecule has 1 heterocycles. The van der Waals surface area contributed by atoms with Gasteiger partial charge in [-0.05, 0) is 30.9 Å². The van der Waals surface area contributed by atoms with Gasteiger partial charge in [-0.3, -0.25) is 9.69 Å². The summed E-state index contributed by atoms with van der Waals surface area (Å²) in [6, 6.07) is 5.71. The molecule has 1 aromatic rings. The maximum absolute atomic E-state index is 11.7. The van der Waals surface area contributed by atoms with E-state index in [0.717, 1.165) is 12.4 Å². The first-order valence-corrected chi connectivity index (χ1v) is 6.46. The van der Waals surface area contributed by atoms with Crippen molar-refractivity contribution in [2.45, 2.75) is 39.0 Å². The van der Waals surface area contributed by atoms with Gasteiger partial charge in [0.1, 0.15) is 5.82 Å². The van der Waals surface area contributed by atoms with Crippen LogP contribution in [-0.2, 0) is 4.79 Å². The summed E-state index contributed by atoms with van der Waals surface area (Å²) in [6.07, 6.45) is 8.19. The van der Waals surface area contributed by atoms with Crippen LogP contribution >= 0.6 is 0 Å². The molecule has 1 amide bonds. The lowest BCUT2D eigenvalue weighted by molar-refractivity contribution is -0.116. The summed E-state index contributed by atoms with van der Waals surface area (Å²) in [5.41, 5.74) is 0. The van der Waals surface area contributed by atoms with Crippen LogP contribution in [0.4, 0.5) is 5.82 Å². The number of aromatic nitrogens is 1. The molecule has 1 saturated carbocycles. The normalized spacial score (nSPS) is 16.8. The molecular weight excluding hydrogens is 212 g/mol. The van der Waals surface area contributed by atoms with Gasteiger partial charge in [-0.15, -0.1) is 0 Å². The summed E-state index contributed by atoms with van der Waals surface area (Å²) in [4.78, 5) is 17.8. The van der Waals surface area contributed by atoms with Crippen LogP contribution in [0, 0.1) is 5.92 Å². The number of pyridine rings is 1. The minimum absolute atomic E-state index is 0.0919. The van der Waals surface area contributed by atoms with Gasteiger partial charge in [0.05, 0.1) is 0 Å². The molecule has 17 heavy (non-hydrogen) atoms. The Morgan fingerprint density at radius 1 is 1.35 bits per heavy atom. The SMILES string of the molecule is CC(=O)N(CC1CCCCC1)c1ccccn1. The molecule has 0 N–H and O–H groups in total. The van der Waals surface area contributed by atoms with E-state index in [-0.39, 0.29) is 5.91 Å². The predicted octanol–water partition coefficient (Wildman–Crippen LogP) is 3.01. The second-order valence-corrected chi connectivity index (χ2v) is 4.82. The lowest BCUT2D eigenvalue weighted by atomic mass is 9.89. The van der Waals surface area contributed by atoms with E-state index in [1.807, 2.05) is 23.1 Å². The molecule has 0 unspecified atom stereocenters. The quantitative estimate of drug-likeness (QED) is 0.802. The number of amides is 1. The van der Waals surface area contributed by atoms with E-state index in [1.165, 1.54) is 32.1 Å². The molecule has 1 aliphatic carbocycles. The molecule has 0 aliphatic heterocycles. The fraction of sp³-hybridized carbons (Fsp3) is 0.571. The van der Waals surface area contributed by atoms with Gasteiger partial charge in [0.25, 0.3) is 0 Å². The van der Waals surface area contributed by atoms with E-state index in [2.05, 4.69) is 4.98 Å². The lowest BCUT2D eigenvalue weighted by Gasteiger charge is -2.28. The molecule has 2 rings (SSSR count). The van der Waals surface area contributed by atoms with Gasteiger partial charge in [-0.2, -0.15) is 0 Å². The van der Waals surface area contributed by atoms with Crippen molar-refractivity contribution in [1.82, 2.24) is 4.98 Å². The Hall–Kier alpha value is -1.38. The zero-order valence-corrected chi connectivity index (χ0v) is 10.4. The summed E-state index contributed by atoms with van der Waals surface area (Å²) in [5.74, 6) is 1.52. The minimum Gasteiger partial charge on any atom is -0.297 e. The zero-order valence-electron chi connectivity index (χ0n) is 10.4. The van der Waals surface area contributed by atoms with Crippen LogP contribution in [0.25, 0.3) is 0 Å². The number of nitrogens with zero attached hydrogens (tertiary/aromatic N) is 2. The highest BCUT2D eigenvalue weighted by Crippen LogP contribution is 2.25. The Kier molecular flexibility index (Phi) is 4.13. The Morgan fingerprint density at radius 3 is 2.71 bits per heavy atom. The molecule has 3 heteroatoms. The van der Waals surface area contributed by atoms with Gasteiger partial charge in [0.15, 0.2) is 0 Å². The Labute approximate surface area is 103 Å². The largest absolute Gasteiger partial charge is 0.297 e. The van der Waals surface area contributed by atoms with Crippen LogP contribution in [0.5, 0.6) is 0 Å². The Balaban J connectivity index is 2.05. The van der Waals surface area contributed by atoms with Crippen molar-refractivity contribution in [3.8, 4) is 0 Å². The highest BCUT2D eigenvalue weighted by atomic mass is 16.2. The number of hydrogen-bond acceptors (Lipinski definition) is 2. The van der Waals surface area contributed by atoms with E-state index in [1.54, 1.807) is 13.1 Å². The topological polar surface area (TPSA) is 33.2 Å². The van der Waals surface area contributed by atoms with E-state index in [9.17, 15) is 4.79 Å². The molecule has 3 nitrogen and oxygen atoms in total. The second kappa shape index (κ2) is 5.80. The monoisotopic (exact) mass is 232 g/mol. The van der Waals surface area contributed by atoms with E-state index in [0.29, 0.717) is 5.92 Å². The third-order valence-electron chi connectivity index (χ3n) is 3.47. The van der Waals surface area contributed by atoms with Crippen molar-refractivity contribution in [2.75, 3.05) is 11.4 Å². The van der Waals surface area contributed by atoms with Gasteiger partial charge in [-0.1, -0.05) is 25.3 Å². The number of carbonyl (C=O) groups excluding carboxylic acids is 1. The number of hydrogen-bond donors (Lipinski definition) is 0. The predicted molar refractivity (Wildman–Crippen MR) is 68.8 cm³/mol. The molecule has 1 aromatic heterocycles. The van der Waals surface area contributed by atoms with Crippen molar-refractivity contribution in [1.29, 1.82) is 0 Å². The maximum Gasteiger partial charge on any atom is 0.225 e. The third-order valence-corrected chi connectivity index (χ3v) is 3.47. The number of anilines is 1. The van der Waals surface area contributed by atoms with Gasteiger partial charge in [0, 0.05) is 19.7 Å². The van der Waals surface area contributed by atoms with Gasteiger partial charge >= 0.3 is 0 Å². The van der Waals surface area contributed by atoms with Crippen molar-refractivity contribution in [2.24, 2.45) is 5.92 Å². The van der Waals surface area contributed by atoms with Crippen LogP contribution in [-0.4, -0.2) is 17.4 Å². The zero-order chi connectivity index (χ0) is 12.1. The highest BCUT2D eigenvalue weighted by Gasteiger charge is 2.20. The lowest BCUT2D eigenvalue weighted by Crippen LogP contribution is -2.35. The summed E-state index contributed by atoms with van der Waals surface area (Å²) in [5, 5.41) is 0. The van der Waals surface area contributed by atoms with Gasteiger partial charge < -0.3 is 0 Å². The third kappa shape index (κ3) is 3.29. The van der Waals surface area contributed by atoms with Crippen molar-refractivity contribution in [3.63, 3.8) is 0 Å². The van der Waals surface area contributed by atoms with Crippen LogP contribution < -0.4 is 4.90 Å². The average molecular weight is 232 g/mol. The molecular formula is C14H20N2O. The van der Waals surface area contributed by atoms with E-state index in [4.69, 9.17) is 0 Å². The first-order chi connectivity index (χ1) is 8.27. The summed E-state index contributed by atoms with van der Waals surface area (Å²) < 4.78 is 0. The molecule has 0 saturated heterocycles. The molecule has 0 aromatic carbocycles. The second-order valence-electron chi connectivity index (χ2n) is 4.82. The van der Waals surface area contributed by atoms with Crippen molar-refractivity contribution in [3.05, 3.63) is 24.4 Å². The van der Waals surface area contributed by atoms with E-state index < -0.39 is 0 Å². The van der Waals surface area contributed by atoms with Crippen LogP contribution in [0.3, 0.4) is 0 Å². The average Bonchev–Trinajstić information content (AvgIpc) is 2.38. The number of rotatable bonds is 3. The minimum atomic E-state index is 0.0919. The molecule has 0 spiro atoms. The molecule has 1 fully saturated rings. The highest BCUT2D eigenvalue weighted by molar-refractivity contribution is 5.90. The van der Waals surface area contributed by atoms with Crippen molar-refractivity contribution < 1.29 is 4.79 Å². The standard InChI is InChI=1S/C14H20N2O/c1-12(17)16(14-9-5-6-10-15-14)11-13-7-3-2-4-8-13/h5-6,9-10,13H,2-4,7-8,11H2,1H3. The molecule has 1 aliphatic rings. The molecule has 0 bridgehead atoms. The fourth-order valence-corrected chi connectivity index (χ4v) is 2.52. The maximum atomic E-state index is 11.7. The van der Waals surface area contributed by atoms with E-state index >= 15 is 0 Å². The van der Waals surface area contributed by atoms with Gasteiger partial charge in [0.2, 0.25) is 5.91 Å². The smallest absolute Gasteiger partial charge is 0.225 e. The first kappa shape index (κ1) is 12.1. The summed E-state index contributed by atoms with van der Waals surface area (Å²) >= 11 is 0. The molecule has 0 atom stereocenters. The van der Waals surface area contributed by atoms with Crippen molar-refractivity contribution >= 4 is 11.7 Å². The molecule has 92 valence electrons. The van der Waals surface area contributed by atoms with Crippen LogP contribution in [0.1, 0.15) is 39.0 Å². The van der Waals surface area contributed by atoms with Crippen LogP contribution in [0.15, 0.2) is 24.4 Å². The molecule has 0 radical (unpaired) electrons. The Bertz CT molecular complexity index is 358.